The summed E-state index contributed by atoms with van der Waals surface area (Å²) in [6.45, 7) is 0. The lowest BCUT2D eigenvalue weighted by Gasteiger charge is -2.08. The first-order chi connectivity index (χ1) is 19.7. The minimum Gasteiger partial charge on any atom is -0.507 e. The van der Waals surface area contributed by atoms with Gasteiger partial charge in [-0.15, -0.1) is 0 Å². The molecule has 0 bridgehead atoms. The third-order valence-electron chi connectivity index (χ3n) is 8.07. The Bertz CT molecular complexity index is 2440. The lowest BCUT2D eigenvalue weighted by molar-refractivity contribution is 0.482. The molecule has 9 aromatic rings. The second kappa shape index (κ2) is 7.78. The maximum absolute atomic E-state index is 11.1. The number of phenols is 1. The topological polar surface area (TPSA) is 51.4 Å². The largest absolute Gasteiger partial charge is 0.507 e. The van der Waals surface area contributed by atoms with Crippen LogP contribution in [0.5, 0.6) is 5.75 Å². The molecule has 0 saturated heterocycles. The fraction of sp³-hybridized carbons (Fsp3) is 0. The molecular formula is C36H21NO3. The highest BCUT2D eigenvalue weighted by Crippen LogP contribution is 2.43. The Kier molecular flexibility index (Phi) is 4.17. The number of aromatic hydroxyl groups is 1. The van der Waals surface area contributed by atoms with E-state index >= 15 is 0 Å². The van der Waals surface area contributed by atoms with Gasteiger partial charge in [-0.05, 0) is 71.8 Å². The SMILES string of the molecule is Oc1cc(-c2ccc3c(c2)c2c4c(ccc2n3-c2ccccc2)oc2ccccc24)cc2oc3ccccc3c12. The summed E-state index contributed by atoms with van der Waals surface area (Å²) in [4.78, 5) is 0. The zero-order valence-corrected chi connectivity index (χ0v) is 21.3. The molecule has 0 fully saturated rings. The minimum atomic E-state index is 0.215. The van der Waals surface area contributed by atoms with Gasteiger partial charge in [0.15, 0.2) is 0 Å². The Morgan fingerprint density at radius 3 is 1.93 bits per heavy atom. The van der Waals surface area contributed by atoms with E-state index in [1.165, 1.54) is 0 Å². The van der Waals surface area contributed by atoms with Gasteiger partial charge >= 0.3 is 0 Å². The third-order valence-corrected chi connectivity index (χ3v) is 8.07. The standard InChI is InChI=1S/C36H21NO3/c38-29-19-22(20-33-35(29)24-10-4-6-12-30(24)40-33)21-14-15-27-26(18-21)34-28(37(27)23-8-2-1-3-9-23)16-17-32-36(34)25-11-5-7-13-31(25)39-32/h1-20,38H. The first kappa shape index (κ1) is 21.5. The van der Waals surface area contributed by atoms with E-state index in [4.69, 9.17) is 8.83 Å². The highest BCUT2D eigenvalue weighted by Gasteiger charge is 2.20. The van der Waals surface area contributed by atoms with E-state index in [2.05, 4.69) is 71.3 Å². The number of fused-ring (bicyclic) bond motifs is 10. The number of para-hydroxylation sites is 3. The zero-order chi connectivity index (χ0) is 26.4. The maximum Gasteiger partial charge on any atom is 0.139 e. The minimum absolute atomic E-state index is 0.215. The summed E-state index contributed by atoms with van der Waals surface area (Å²) in [6.07, 6.45) is 0. The van der Waals surface area contributed by atoms with Crippen molar-refractivity contribution in [3.8, 4) is 22.6 Å². The summed E-state index contributed by atoms with van der Waals surface area (Å²) in [5.74, 6) is 0.215. The lowest BCUT2D eigenvalue weighted by Crippen LogP contribution is -1.92. The van der Waals surface area contributed by atoms with Crippen LogP contribution in [0, 0.1) is 0 Å². The van der Waals surface area contributed by atoms with Crippen LogP contribution < -0.4 is 0 Å². The maximum atomic E-state index is 11.1. The summed E-state index contributed by atoms with van der Waals surface area (Å²) in [7, 11) is 0. The third kappa shape index (κ3) is 2.85. The van der Waals surface area contributed by atoms with E-state index in [-0.39, 0.29) is 5.75 Å². The zero-order valence-electron chi connectivity index (χ0n) is 21.3. The number of rotatable bonds is 2. The van der Waals surface area contributed by atoms with E-state index in [0.29, 0.717) is 5.58 Å². The van der Waals surface area contributed by atoms with E-state index < -0.39 is 0 Å². The Morgan fingerprint density at radius 2 is 1.12 bits per heavy atom. The molecule has 0 spiro atoms. The molecule has 0 aliphatic heterocycles. The Labute approximate surface area is 227 Å². The van der Waals surface area contributed by atoms with Crippen molar-refractivity contribution in [2.45, 2.75) is 0 Å². The normalized spacial score (nSPS) is 12.1. The summed E-state index contributed by atoms with van der Waals surface area (Å²) in [5.41, 5.74) is 8.41. The van der Waals surface area contributed by atoms with Gasteiger partial charge in [0, 0.05) is 32.6 Å². The van der Waals surface area contributed by atoms with Crippen LogP contribution in [-0.4, -0.2) is 9.67 Å². The molecule has 4 nitrogen and oxygen atoms in total. The van der Waals surface area contributed by atoms with Crippen molar-refractivity contribution in [1.29, 1.82) is 0 Å². The Hall–Kier alpha value is -5.48. The summed E-state index contributed by atoms with van der Waals surface area (Å²) < 4.78 is 14.7. The first-order valence-corrected chi connectivity index (χ1v) is 13.3. The van der Waals surface area contributed by atoms with Crippen LogP contribution in [0.15, 0.2) is 130 Å². The highest BCUT2D eigenvalue weighted by atomic mass is 16.3. The van der Waals surface area contributed by atoms with Gasteiger partial charge in [0.1, 0.15) is 28.1 Å². The van der Waals surface area contributed by atoms with Crippen LogP contribution in [-0.2, 0) is 0 Å². The van der Waals surface area contributed by atoms with Crippen LogP contribution in [0.4, 0.5) is 0 Å². The highest BCUT2D eigenvalue weighted by molar-refractivity contribution is 6.27. The molecule has 3 aromatic heterocycles. The average molecular weight is 516 g/mol. The second-order valence-electron chi connectivity index (χ2n) is 10.3. The number of aromatic nitrogens is 1. The molecule has 0 atom stereocenters. The first-order valence-electron chi connectivity index (χ1n) is 13.3. The van der Waals surface area contributed by atoms with Crippen LogP contribution in [0.3, 0.4) is 0 Å². The van der Waals surface area contributed by atoms with Gasteiger partial charge in [-0.1, -0.05) is 60.7 Å². The molecule has 4 heteroatoms. The van der Waals surface area contributed by atoms with Crippen molar-refractivity contribution >= 4 is 65.7 Å². The fourth-order valence-electron chi connectivity index (χ4n) is 6.36. The van der Waals surface area contributed by atoms with Crippen molar-refractivity contribution in [3.05, 3.63) is 121 Å². The van der Waals surface area contributed by atoms with Crippen molar-refractivity contribution < 1.29 is 13.9 Å². The Balaban J connectivity index is 1.39. The molecule has 0 aliphatic carbocycles. The van der Waals surface area contributed by atoms with Crippen LogP contribution in [0.25, 0.3) is 82.5 Å². The van der Waals surface area contributed by atoms with Gasteiger partial charge < -0.3 is 18.5 Å². The van der Waals surface area contributed by atoms with Gasteiger partial charge in [-0.3, -0.25) is 0 Å². The number of furan rings is 2. The van der Waals surface area contributed by atoms with Crippen molar-refractivity contribution in [3.63, 3.8) is 0 Å². The van der Waals surface area contributed by atoms with E-state index in [0.717, 1.165) is 76.9 Å². The van der Waals surface area contributed by atoms with Crippen LogP contribution >= 0.6 is 0 Å². The molecule has 1 N–H and O–H groups in total. The molecule has 0 amide bonds. The van der Waals surface area contributed by atoms with Gasteiger partial charge in [0.25, 0.3) is 0 Å². The molecule has 6 aromatic carbocycles. The number of benzene rings is 6. The quantitative estimate of drug-likeness (QED) is 0.249. The van der Waals surface area contributed by atoms with E-state index in [1.807, 2.05) is 54.6 Å². The summed E-state index contributed by atoms with van der Waals surface area (Å²) in [5, 5.41) is 17.2. The molecule has 0 saturated carbocycles. The van der Waals surface area contributed by atoms with Crippen molar-refractivity contribution in [1.82, 2.24) is 4.57 Å². The molecule has 188 valence electrons. The van der Waals surface area contributed by atoms with Crippen molar-refractivity contribution in [2.75, 3.05) is 0 Å². The van der Waals surface area contributed by atoms with Gasteiger partial charge in [-0.25, -0.2) is 0 Å². The van der Waals surface area contributed by atoms with Gasteiger partial charge in [0.05, 0.1) is 16.4 Å². The monoisotopic (exact) mass is 515 g/mol. The predicted molar refractivity (Wildman–Crippen MR) is 162 cm³/mol. The predicted octanol–water partition coefficient (Wildman–Crippen LogP) is 9.96. The Morgan fingerprint density at radius 1 is 0.450 bits per heavy atom. The van der Waals surface area contributed by atoms with Crippen molar-refractivity contribution in [2.24, 2.45) is 0 Å². The average Bonchev–Trinajstić information content (AvgIpc) is 3.66. The van der Waals surface area contributed by atoms with E-state index in [1.54, 1.807) is 0 Å². The molecule has 9 rings (SSSR count). The van der Waals surface area contributed by atoms with E-state index in [9.17, 15) is 5.11 Å². The fourth-order valence-corrected chi connectivity index (χ4v) is 6.36. The lowest BCUT2D eigenvalue weighted by atomic mass is 9.99. The van der Waals surface area contributed by atoms with Gasteiger partial charge in [-0.2, -0.15) is 0 Å². The summed E-state index contributed by atoms with van der Waals surface area (Å²) in [6, 6.07) is 41.1. The number of phenolic OH excluding ortho intramolecular Hbond substituents is 1. The molecule has 40 heavy (non-hydrogen) atoms. The molecule has 0 aliphatic rings. The molecule has 0 unspecified atom stereocenters. The van der Waals surface area contributed by atoms with Crippen LogP contribution in [0.2, 0.25) is 0 Å². The number of hydrogen-bond acceptors (Lipinski definition) is 3. The summed E-state index contributed by atoms with van der Waals surface area (Å²) >= 11 is 0. The molecular weight excluding hydrogens is 494 g/mol. The smallest absolute Gasteiger partial charge is 0.139 e. The number of hydrogen-bond donors (Lipinski definition) is 1. The number of nitrogens with zero attached hydrogens (tertiary/aromatic N) is 1. The molecule has 0 radical (unpaired) electrons. The second-order valence-corrected chi connectivity index (χ2v) is 10.3. The molecule has 3 heterocycles. The van der Waals surface area contributed by atoms with Gasteiger partial charge in [0.2, 0.25) is 0 Å². The van der Waals surface area contributed by atoms with Crippen LogP contribution in [0.1, 0.15) is 0 Å².